The SMILES string of the molecule is Cc1c(C(=O)O)n2c3ccc(Cl)c(c13)-c1c(nn(C)c1C)CSCc1cc(n(C)n1)CCc1cc(c3ccc(Cl)cc3c1)OCCC2. The minimum Gasteiger partial charge on any atom is -0.493 e. The van der Waals surface area contributed by atoms with Crippen LogP contribution in [0, 0.1) is 13.8 Å². The summed E-state index contributed by atoms with van der Waals surface area (Å²) in [7, 11) is 3.93. The highest BCUT2D eigenvalue weighted by Gasteiger charge is 2.27. The molecule has 242 valence electrons. The van der Waals surface area contributed by atoms with Gasteiger partial charge in [-0.2, -0.15) is 10.2 Å². The van der Waals surface area contributed by atoms with Gasteiger partial charge in [0.2, 0.25) is 0 Å². The number of ether oxygens (including phenoxy) is 1. The van der Waals surface area contributed by atoms with Crippen LogP contribution in [-0.2, 0) is 45.0 Å². The summed E-state index contributed by atoms with van der Waals surface area (Å²) >= 11 is 15.1. The van der Waals surface area contributed by atoms with E-state index in [0.29, 0.717) is 40.9 Å². The fourth-order valence-corrected chi connectivity index (χ4v) is 8.18. The molecular formula is C36H35Cl2N5O3S. The van der Waals surface area contributed by atoms with Crippen LogP contribution < -0.4 is 4.74 Å². The monoisotopic (exact) mass is 687 g/mol. The summed E-state index contributed by atoms with van der Waals surface area (Å²) < 4.78 is 12.2. The van der Waals surface area contributed by atoms with Crippen LogP contribution in [0.25, 0.3) is 32.8 Å². The van der Waals surface area contributed by atoms with Crippen molar-refractivity contribution in [2.24, 2.45) is 14.1 Å². The lowest BCUT2D eigenvalue weighted by atomic mass is 9.97. The molecule has 0 amide bonds. The maximum atomic E-state index is 12.7. The summed E-state index contributed by atoms with van der Waals surface area (Å²) in [5.74, 6) is 1.20. The molecule has 0 saturated carbocycles. The number of carboxylic acid groups (broad SMARTS) is 1. The average Bonchev–Trinajstić information content (AvgIpc) is 3.63. The molecule has 0 saturated heterocycles. The fraction of sp³-hybridized carbons (Fsp3) is 0.306. The first-order valence-corrected chi connectivity index (χ1v) is 17.5. The van der Waals surface area contributed by atoms with Gasteiger partial charge in [0.15, 0.2) is 0 Å². The highest BCUT2D eigenvalue weighted by molar-refractivity contribution is 7.97. The fourth-order valence-electron chi connectivity index (χ4n) is 6.90. The molecule has 0 radical (unpaired) electrons. The number of carbonyl (C=O) groups is 1. The molecule has 0 aliphatic carbocycles. The highest BCUT2D eigenvalue weighted by atomic mass is 35.5. The van der Waals surface area contributed by atoms with E-state index in [1.807, 2.05) is 72.2 Å². The zero-order valence-corrected chi connectivity index (χ0v) is 29.1. The molecule has 8 bridgehead atoms. The second-order valence-electron chi connectivity index (χ2n) is 12.2. The summed E-state index contributed by atoms with van der Waals surface area (Å²) in [6.07, 6.45) is 2.26. The molecular weight excluding hydrogens is 653 g/mol. The Hall–Kier alpha value is -3.92. The van der Waals surface area contributed by atoms with E-state index >= 15 is 0 Å². The van der Waals surface area contributed by atoms with E-state index in [2.05, 4.69) is 18.2 Å². The van der Waals surface area contributed by atoms with Gasteiger partial charge in [0.1, 0.15) is 11.4 Å². The Labute approximate surface area is 287 Å². The Morgan fingerprint density at radius 2 is 1.79 bits per heavy atom. The zero-order valence-electron chi connectivity index (χ0n) is 26.7. The van der Waals surface area contributed by atoms with Gasteiger partial charge in [-0.25, -0.2) is 4.79 Å². The maximum absolute atomic E-state index is 12.7. The smallest absolute Gasteiger partial charge is 0.352 e. The van der Waals surface area contributed by atoms with Crippen molar-refractivity contribution in [2.75, 3.05) is 6.61 Å². The molecule has 3 aromatic carbocycles. The molecule has 1 aliphatic heterocycles. The summed E-state index contributed by atoms with van der Waals surface area (Å²) in [5, 5.41) is 24.3. The standard InChI is InChI=1S/C36H35Cl2N5O3S/c1-20-32-30-11-10-28(38)34(32)33-21(2)41(3)40-29(33)19-47-18-25-17-26(42(4)39-25)8-6-22-14-23-16-24(37)7-9-27(23)31(15-22)46-13-5-12-43(30)35(20)36(44)45/h7,9-11,14-17H,5-6,8,12-13,18-19H2,1-4H3,(H,44,45). The van der Waals surface area contributed by atoms with Gasteiger partial charge in [-0.3, -0.25) is 9.36 Å². The number of aromatic nitrogens is 5. The van der Waals surface area contributed by atoms with E-state index in [0.717, 1.165) is 79.8 Å². The number of halogens is 2. The first-order chi connectivity index (χ1) is 22.6. The molecule has 0 spiro atoms. The molecule has 7 rings (SSSR count). The number of aryl methyl sites for hydroxylation is 6. The summed E-state index contributed by atoms with van der Waals surface area (Å²) in [5.41, 5.74) is 8.78. The second kappa shape index (κ2) is 12.6. The molecule has 1 aliphatic rings. The first-order valence-electron chi connectivity index (χ1n) is 15.6. The summed E-state index contributed by atoms with van der Waals surface area (Å²) in [4.78, 5) is 12.7. The minimum absolute atomic E-state index is 0.260. The number of aromatic carboxylic acids is 1. The second-order valence-corrected chi connectivity index (χ2v) is 14.0. The normalized spacial score (nSPS) is 14.3. The van der Waals surface area contributed by atoms with Crippen LogP contribution >= 0.6 is 35.0 Å². The van der Waals surface area contributed by atoms with E-state index in [1.165, 1.54) is 5.69 Å². The van der Waals surface area contributed by atoms with Gasteiger partial charge in [0.05, 0.1) is 18.0 Å². The molecule has 8 nitrogen and oxygen atoms in total. The van der Waals surface area contributed by atoms with E-state index < -0.39 is 5.97 Å². The van der Waals surface area contributed by atoms with Crippen molar-refractivity contribution < 1.29 is 14.6 Å². The number of carboxylic acids is 1. The van der Waals surface area contributed by atoms with Gasteiger partial charge in [-0.1, -0.05) is 29.3 Å². The van der Waals surface area contributed by atoms with Crippen LogP contribution in [0.1, 0.15) is 50.8 Å². The molecule has 0 unspecified atom stereocenters. The zero-order chi connectivity index (χ0) is 33.0. The third-order valence-electron chi connectivity index (χ3n) is 9.19. The van der Waals surface area contributed by atoms with Crippen LogP contribution in [0.5, 0.6) is 5.75 Å². The summed E-state index contributed by atoms with van der Waals surface area (Å²) in [6.45, 7) is 4.78. The molecule has 1 N–H and O–H groups in total. The van der Waals surface area contributed by atoms with Crippen molar-refractivity contribution >= 4 is 62.6 Å². The van der Waals surface area contributed by atoms with Gasteiger partial charge < -0.3 is 14.4 Å². The number of rotatable bonds is 1. The minimum atomic E-state index is -0.972. The summed E-state index contributed by atoms with van der Waals surface area (Å²) in [6, 6.07) is 16.1. The van der Waals surface area contributed by atoms with Crippen molar-refractivity contribution in [1.29, 1.82) is 0 Å². The van der Waals surface area contributed by atoms with Gasteiger partial charge in [-0.05, 0) is 92.1 Å². The van der Waals surface area contributed by atoms with E-state index in [-0.39, 0.29) is 5.69 Å². The Bertz CT molecular complexity index is 2200. The predicted octanol–water partition coefficient (Wildman–Crippen LogP) is 8.55. The topological polar surface area (TPSA) is 87.1 Å². The Morgan fingerprint density at radius 3 is 2.60 bits per heavy atom. The third kappa shape index (κ3) is 5.79. The van der Waals surface area contributed by atoms with Crippen molar-refractivity contribution in [3.8, 4) is 16.9 Å². The maximum Gasteiger partial charge on any atom is 0.352 e. The van der Waals surface area contributed by atoms with Crippen LogP contribution in [0.4, 0.5) is 0 Å². The van der Waals surface area contributed by atoms with Gasteiger partial charge >= 0.3 is 5.97 Å². The molecule has 4 heterocycles. The Morgan fingerprint density at radius 1 is 0.957 bits per heavy atom. The lowest BCUT2D eigenvalue weighted by Crippen LogP contribution is -2.12. The third-order valence-corrected chi connectivity index (χ3v) is 10.7. The van der Waals surface area contributed by atoms with Crippen molar-refractivity contribution in [3.05, 3.63) is 98.2 Å². The molecule has 0 fully saturated rings. The molecule has 0 atom stereocenters. The van der Waals surface area contributed by atoms with Crippen molar-refractivity contribution in [1.82, 2.24) is 24.1 Å². The van der Waals surface area contributed by atoms with Gasteiger partial charge in [0, 0.05) is 81.0 Å². The van der Waals surface area contributed by atoms with Crippen LogP contribution in [0.15, 0.2) is 48.5 Å². The number of thioether (sulfide) groups is 1. The molecule has 11 heteroatoms. The van der Waals surface area contributed by atoms with Crippen LogP contribution in [-0.4, -0.2) is 41.8 Å². The average molecular weight is 689 g/mol. The number of hydrogen-bond donors (Lipinski definition) is 1. The highest BCUT2D eigenvalue weighted by Crippen LogP contribution is 2.43. The van der Waals surface area contributed by atoms with Crippen molar-refractivity contribution in [3.63, 3.8) is 0 Å². The first kappa shape index (κ1) is 31.7. The largest absolute Gasteiger partial charge is 0.493 e. The van der Waals surface area contributed by atoms with E-state index in [9.17, 15) is 9.90 Å². The molecule has 6 aromatic rings. The van der Waals surface area contributed by atoms with E-state index in [4.69, 9.17) is 38.1 Å². The van der Waals surface area contributed by atoms with Crippen LogP contribution in [0.2, 0.25) is 10.0 Å². The lowest BCUT2D eigenvalue weighted by Gasteiger charge is -2.14. The number of nitrogens with zero attached hydrogens (tertiary/aromatic N) is 5. The van der Waals surface area contributed by atoms with Crippen molar-refractivity contribution in [2.45, 2.75) is 51.2 Å². The van der Waals surface area contributed by atoms with Gasteiger partial charge in [-0.15, -0.1) is 11.8 Å². The number of fused-ring (bicyclic) bond motifs is 8. The van der Waals surface area contributed by atoms with E-state index in [1.54, 1.807) is 11.8 Å². The quantitative estimate of drug-likeness (QED) is 0.186. The molecule has 47 heavy (non-hydrogen) atoms. The number of hydrogen-bond acceptors (Lipinski definition) is 5. The van der Waals surface area contributed by atoms with Crippen LogP contribution in [0.3, 0.4) is 0 Å². The molecule has 3 aromatic heterocycles. The predicted molar refractivity (Wildman–Crippen MR) is 190 cm³/mol. The Balaban J connectivity index is 1.36. The number of benzene rings is 3. The lowest BCUT2D eigenvalue weighted by molar-refractivity contribution is 0.0684. The van der Waals surface area contributed by atoms with Gasteiger partial charge in [0.25, 0.3) is 0 Å². The Kier molecular flexibility index (Phi) is 8.49.